The number of ether oxygens (including phenoxy) is 1. The van der Waals surface area contributed by atoms with Crippen LogP contribution in [-0.2, 0) is 4.74 Å². The lowest BCUT2D eigenvalue weighted by atomic mass is 10.1. The van der Waals surface area contributed by atoms with Gasteiger partial charge in [-0.2, -0.15) is 0 Å². The highest BCUT2D eigenvalue weighted by Gasteiger charge is 2.26. The Balaban J connectivity index is 2.19. The molecule has 1 heterocycles. The Morgan fingerprint density at radius 2 is 1.90 bits per heavy atom. The minimum Gasteiger partial charge on any atom is -0.397 e. The van der Waals surface area contributed by atoms with E-state index in [1.165, 1.54) is 0 Å². The first-order chi connectivity index (χ1) is 9.38. The van der Waals surface area contributed by atoms with Crippen molar-refractivity contribution in [1.82, 2.24) is 4.90 Å². The van der Waals surface area contributed by atoms with Crippen LogP contribution in [0.25, 0.3) is 0 Å². The number of nitrogen functional groups attached to an aromatic ring is 1. The Kier molecular flexibility index (Phi) is 4.18. The normalized spacial score (nSPS) is 22.7. The van der Waals surface area contributed by atoms with Crippen molar-refractivity contribution < 1.29 is 9.53 Å². The molecule has 0 spiro atoms. The zero-order valence-corrected chi connectivity index (χ0v) is 12.6. The van der Waals surface area contributed by atoms with Crippen LogP contribution in [0.5, 0.6) is 0 Å². The van der Waals surface area contributed by atoms with Crippen LogP contribution < -0.4 is 10.6 Å². The first-order valence-corrected chi connectivity index (χ1v) is 6.90. The van der Waals surface area contributed by atoms with E-state index < -0.39 is 0 Å². The molecule has 0 aliphatic carbocycles. The quantitative estimate of drug-likeness (QED) is 0.834. The molecular weight excluding hydrogens is 254 g/mol. The number of hydrogen-bond acceptors (Lipinski definition) is 4. The summed E-state index contributed by atoms with van der Waals surface area (Å²) in [4.78, 5) is 16.3. The van der Waals surface area contributed by atoms with Crippen LogP contribution in [0.4, 0.5) is 11.4 Å². The summed E-state index contributed by atoms with van der Waals surface area (Å²) in [6.07, 6.45) is 0.141. The Morgan fingerprint density at radius 3 is 2.40 bits per heavy atom. The van der Waals surface area contributed by atoms with Crippen molar-refractivity contribution in [3.05, 3.63) is 23.8 Å². The number of carbonyl (C=O) groups excluding carboxylic acids is 1. The number of carbonyl (C=O) groups is 1. The minimum atomic E-state index is 0.0176. The van der Waals surface area contributed by atoms with E-state index in [-0.39, 0.29) is 18.1 Å². The zero-order chi connectivity index (χ0) is 14.9. The number of anilines is 2. The number of nitrogens with two attached hydrogens (primary N) is 1. The monoisotopic (exact) mass is 277 g/mol. The molecule has 20 heavy (non-hydrogen) atoms. The SMILES string of the molecule is C[C@@H]1CN(C(=O)c2ccc(N(C)C)c(N)c2)C[C@H](C)O1. The standard InChI is InChI=1S/C15H23N3O2/c1-10-8-18(9-11(2)20-10)15(19)12-5-6-14(17(3)4)13(16)7-12/h5-7,10-11H,8-9,16H2,1-4H3/t10-,11+. The number of nitrogens with zero attached hydrogens (tertiary/aromatic N) is 2. The highest BCUT2D eigenvalue weighted by Crippen LogP contribution is 2.23. The van der Waals surface area contributed by atoms with E-state index >= 15 is 0 Å². The van der Waals surface area contributed by atoms with Crippen molar-refractivity contribution in [2.75, 3.05) is 37.8 Å². The van der Waals surface area contributed by atoms with Crippen molar-refractivity contribution in [3.8, 4) is 0 Å². The maximum absolute atomic E-state index is 12.5. The number of morpholine rings is 1. The van der Waals surface area contributed by atoms with Gasteiger partial charge in [-0.1, -0.05) is 0 Å². The summed E-state index contributed by atoms with van der Waals surface area (Å²) in [7, 11) is 3.86. The summed E-state index contributed by atoms with van der Waals surface area (Å²) in [5.74, 6) is 0.0176. The summed E-state index contributed by atoms with van der Waals surface area (Å²) in [5.41, 5.74) is 8.18. The lowest BCUT2D eigenvalue weighted by Gasteiger charge is -2.35. The molecule has 1 aliphatic heterocycles. The van der Waals surface area contributed by atoms with Gasteiger partial charge in [0.2, 0.25) is 0 Å². The highest BCUT2D eigenvalue weighted by molar-refractivity contribution is 5.96. The predicted octanol–water partition coefficient (Wildman–Crippen LogP) is 1.58. The molecule has 0 radical (unpaired) electrons. The van der Waals surface area contributed by atoms with Crippen LogP contribution >= 0.6 is 0 Å². The van der Waals surface area contributed by atoms with Gasteiger partial charge in [0.15, 0.2) is 0 Å². The molecule has 1 aromatic rings. The van der Waals surface area contributed by atoms with Gasteiger partial charge >= 0.3 is 0 Å². The Bertz CT molecular complexity index is 492. The number of hydrogen-bond donors (Lipinski definition) is 1. The molecule has 110 valence electrons. The van der Waals surface area contributed by atoms with Crippen molar-refractivity contribution in [2.45, 2.75) is 26.1 Å². The van der Waals surface area contributed by atoms with Crippen LogP contribution in [0.2, 0.25) is 0 Å². The smallest absolute Gasteiger partial charge is 0.254 e. The molecule has 5 nitrogen and oxygen atoms in total. The highest BCUT2D eigenvalue weighted by atomic mass is 16.5. The maximum Gasteiger partial charge on any atom is 0.254 e. The molecule has 2 rings (SSSR count). The summed E-state index contributed by atoms with van der Waals surface area (Å²) in [5, 5.41) is 0. The first kappa shape index (κ1) is 14.7. The van der Waals surface area contributed by atoms with Crippen molar-refractivity contribution in [1.29, 1.82) is 0 Å². The molecule has 2 atom stereocenters. The molecule has 5 heteroatoms. The van der Waals surface area contributed by atoms with E-state index in [1.807, 2.05) is 49.9 Å². The first-order valence-electron chi connectivity index (χ1n) is 6.90. The van der Waals surface area contributed by atoms with Gasteiger partial charge in [0.05, 0.1) is 23.6 Å². The molecule has 0 unspecified atom stereocenters. The van der Waals surface area contributed by atoms with Gasteiger partial charge in [-0.05, 0) is 32.0 Å². The van der Waals surface area contributed by atoms with E-state index in [1.54, 1.807) is 6.07 Å². The van der Waals surface area contributed by atoms with E-state index in [2.05, 4.69) is 0 Å². The van der Waals surface area contributed by atoms with Crippen LogP contribution in [0.15, 0.2) is 18.2 Å². The average molecular weight is 277 g/mol. The molecule has 0 aromatic heterocycles. The second kappa shape index (κ2) is 5.71. The van der Waals surface area contributed by atoms with Crippen molar-refractivity contribution in [3.63, 3.8) is 0 Å². The largest absolute Gasteiger partial charge is 0.397 e. The van der Waals surface area contributed by atoms with Crippen molar-refractivity contribution in [2.24, 2.45) is 0 Å². The third-order valence-electron chi connectivity index (χ3n) is 3.46. The fourth-order valence-electron chi connectivity index (χ4n) is 2.62. The zero-order valence-electron chi connectivity index (χ0n) is 12.6. The lowest BCUT2D eigenvalue weighted by Crippen LogP contribution is -2.48. The van der Waals surface area contributed by atoms with Crippen LogP contribution in [0.1, 0.15) is 24.2 Å². The van der Waals surface area contributed by atoms with Gasteiger partial charge in [0, 0.05) is 32.7 Å². The summed E-state index contributed by atoms with van der Waals surface area (Å²) < 4.78 is 5.65. The molecule has 1 saturated heterocycles. The average Bonchev–Trinajstić information content (AvgIpc) is 2.36. The molecule has 1 aromatic carbocycles. The molecule has 1 aliphatic rings. The fraction of sp³-hybridized carbons (Fsp3) is 0.533. The van der Waals surface area contributed by atoms with E-state index in [4.69, 9.17) is 10.5 Å². The Morgan fingerprint density at radius 1 is 1.30 bits per heavy atom. The van der Waals surface area contributed by atoms with Gasteiger partial charge < -0.3 is 20.3 Å². The van der Waals surface area contributed by atoms with E-state index in [0.29, 0.717) is 24.3 Å². The maximum atomic E-state index is 12.5. The Labute approximate surface area is 120 Å². The molecular formula is C15H23N3O2. The fourth-order valence-corrected chi connectivity index (χ4v) is 2.62. The van der Waals surface area contributed by atoms with Gasteiger partial charge in [-0.25, -0.2) is 0 Å². The van der Waals surface area contributed by atoms with Crippen LogP contribution in [0, 0.1) is 0 Å². The third kappa shape index (κ3) is 3.04. The second-order valence-electron chi connectivity index (χ2n) is 5.64. The van der Waals surface area contributed by atoms with Gasteiger partial charge in [-0.3, -0.25) is 4.79 Å². The van der Waals surface area contributed by atoms with Gasteiger partial charge in [-0.15, -0.1) is 0 Å². The molecule has 0 bridgehead atoms. The third-order valence-corrected chi connectivity index (χ3v) is 3.46. The second-order valence-corrected chi connectivity index (χ2v) is 5.64. The molecule has 2 N–H and O–H groups in total. The van der Waals surface area contributed by atoms with Gasteiger partial charge in [0.1, 0.15) is 0 Å². The number of amides is 1. The van der Waals surface area contributed by atoms with Crippen LogP contribution in [-0.4, -0.2) is 50.2 Å². The van der Waals surface area contributed by atoms with E-state index in [9.17, 15) is 4.79 Å². The molecule has 1 fully saturated rings. The van der Waals surface area contributed by atoms with Crippen molar-refractivity contribution >= 4 is 17.3 Å². The predicted molar refractivity (Wildman–Crippen MR) is 81.1 cm³/mol. The van der Waals surface area contributed by atoms with Crippen LogP contribution in [0.3, 0.4) is 0 Å². The summed E-state index contributed by atoms with van der Waals surface area (Å²) in [6, 6.07) is 5.47. The summed E-state index contributed by atoms with van der Waals surface area (Å²) >= 11 is 0. The van der Waals surface area contributed by atoms with E-state index in [0.717, 1.165) is 5.69 Å². The topological polar surface area (TPSA) is 58.8 Å². The summed E-state index contributed by atoms with van der Waals surface area (Å²) in [6.45, 7) is 5.22. The molecule has 1 amide bonds. The number of benzene rings is 1. The minimum absolute atomic E-state index is 0.0176. The number of rotatable bonds is 2. The Hall–Kier alpha value is -1.75. The lowest BCUT2D eigenvalue weighted by molar-refractivity contribution is -0.0586. The molecule has 0 saturated carbocycles. The van der Waals surface area contributed by atoms with Gasteiger partial charge in [0.25, 0.3) is 5.91 Å².